The number of anilines is 1. The van der Waals surface area contributed by atoms with Crippen molar-refractivity contribution in [1.82, 2.24) is 5.32 Å². The molecule has 6 heteroatoms. The first-order chi connectivity index (χ1) is 13.3. The Morgan fingerprint density at radius 1 is 0.964 bits per heavy atom. The summed E-state index contributed by atoms with van der Waals surface area (Å²) >= 11 is 0. The van der Waals surface area contributed by atoms with Gasteiger partial charge in [0, 0.05) is 18.4 Å². The summed E-state index contributed by atoms with van der Waals surface area (Å²) in [6.45, 7) is 8.30. The summed E-state index contributed by atoms with van der Waals surface area (Å²) in [6, 6.07) is 14.5. The van der Waals surface area contributed by atoms with Crippen molar-refractivity contribution in [3.63, 3.8) is 0 Å². The molecule has 0 radical (unpaired) electrons. The van der Waals surface area contributed by atoms with Gasteiger partial charge in [-0.1, -0.05) is 32.9 Å². The molecular weight excluding hydrogens is 356 g/mol. The normalized spacial score (nSPS) is 10.9. The first-order valence-electron chi connectivity index (χ1n) is 9.37. The molecule has 0 aliphatic heterocycles. The van der Waals surface area contributed by atoms with Crippen LogP contribution in [0.4, 0.5) is 5.69 Å². The van der Waals surface area contributed by atoms with Crippen molar-refractivity contribution in [2.24, 2.45) is 5.41 Å². The molecule has 150 valence electrons. The summed E-state index contributed by atoms with van der Waals surface area (Å²) in [5, 5.41) is 5.60. The van der Waals surface area contributed by atoms with E-state index in [1.807, 2.05) is 64.1 Å². The van der Waals surface area contributed by atoms with Crippen molar-refractivity contribution < 1.29 is 19.1 Å². The van der Waals surface area contributed by atoms with Crippen LogP contribution >= 0.6 is 0 Å². The molecule has 0 aliphatic carbocycles. The van der Waals surface area contributed by atoms with E-state index >= 15 is 0 Å². The molecule has 0 aromatic heterocycles. The van der Waals surface area contributed by atoms with Crippen molar-refractivity contribution >= 4 is 17.5 Å². The number of hydrogen-bond acceptors (Lipinski definition) is 4. The molecule has 2 rings (SSSR count). The molecule has 2 aromatic carbocycles. The highest BCUT2D eigenvalue weighted by atomic mass is 16.5. The molecule has 0 saturated heterocycles. The molecule has 0 bridgehead atoms. The van der Waals surface area contributed by atoms with Gasteiger partial charge in [-0.25, -0.2) is 0 Å². The van der Waals surface area contributed by atoms with Crippen molar-refractivity contribution in [3.8, 4) is 17.2 Å². The highest BCUT2D eigenvalue weighted by Gasteiger charge is 2.20. The number of para-hydroxylation sites is 2. The Morgan fingerprint density at radius 3 is 2.25 bits per heavy atom. The zero-order chi connectivity index (χ0) is 20.6. The fourth-order valence-electron chi connectivity index (χ4n) is 2.32. The summed E-state index contributed by atoms with van der Waals surface area (Å²) in [5.41, 5.74) is 0.0952. The highest BCUT2D eigenvalue weighted by molar-refractivity contribution is 5.92. The lowest BCUT2D eigenvalue weighted by Gasteiger charge is -2.17. The van der Waals surface area contributed by atoms with E-state index in [9.17, 15) is 9.59 Å². The largest absolute Gasteiger partial charge is 0.494 e. The molecule has 0 fully saturated rings. The minimum absolute atomic E-state index is 0.0838. The van der Waals surface area contributed by atoms with Crippen LogP contribution in [0.3, 0.4) is 0 Å². The van der Waals surface area contributed by atoms with Gasteiger partial charge in [0.25, 0.3) is 0 Å². The second-order valence-electron chi connectivity index (χ2n) is 7.31. The minimum Gasteiger partial charge on any atom is -0.494 e. The van der Waals surface area contributed by atoms with Gasteiger partial charge >= 0.3 is 0 Å². The van der Waals surface area contributed by atoms with Gasteiger partial charge in [-0.15, -0.1) is 0 Å². The predicted octanol–water partition coefficient (Wildman–Crippen LogP) is 4.37. The van der Waals surface area contributed by atoms with Gasteiger partial charge in [0.15, 0.2) is 5.75 Å². The Bertz CT molecular complexity index is 795. The lowest BCUT2D eigenvalue weighted by Crippen LogP contribution is -2.36. The van der Waals surface area contributed by atoms with Gasteiger partial charge in [-0.2, -0.15) is 0 Å². The summed E-state index contributed by atoms with van der Waals surface area (Å²) in [4.78, 5) is 24.1. The van der Waals surface area contributed by atoms with Crippen LogP contribution < -0.4 is 20.1 Å². The molecule has 28 heavy (non-hydrogen) atoms. The second kappa shape index (κ2) is 9.78. The quantitative estimate of drug-likeness (QED) is 0.709. The molecule has 0 heterocycles. The van der Waals surface area contributed by atoms with E-state index in [1.54, 1.807) is 12.1 Å². The van der Waals surface area contributed by atoms with Gasteiger partial charge in [-0.3, -0.25) is 9.59 Å². The Labute approximate surface area is 166 Å². The van der Waals surface area contributed by atoms with Gasteiger partial charge in [0.05, 0.1) is 12.3 Å². The maximum Gasteiger partial charge on any atom is 0.226 e. The summed E-state index contributed by atoms with van der Waals surface area (Å²) in [7, 11) is 0. The molecule has 0 atom stereocenters. The van der Waals surface area contributed by atoms with Crippen LogP contribution in [0.1, 0.15) is 34.1 Å². The molecule has 6 nitrogen and oxygen atoms in total. The lowest BCUT2D eigenvalue weighted by molar-refractivity contribution is -0.128. The molecule has 0 spiro atoms. The minimum atomic E-state index is -0.478. The Balaban J connectivity index is 1.94. The third kappa shape index (κ3) is 6.61. The van der Waals surface area contributed by atoms with Crippen molar-refractivity contribution in [3.05, 3.63) is 48.5 Å². The molecule has 0 aliphatic rings. The number of ether oxygens (including phenoxy) is 2. The van der Waals surface area contributed by atoms with Crippen LogP contribution in [0, 0.1) is 5.41 Å². The number of rotatable bonds is 8. The maximum atomic E-state index is 12.2. The topological polar surface area (TPSA) is 76.7 Å². The fourth-order valence-corrected chi connectivity index (χ4v) is 2.32. The zero-order valence-electron chi connectivity index (χ0n) is 16.9. The molecule has 0 saturated carbocycles. The van der Waals surface area contributed by atoms with Gasteiger partial charge in [0.1, 0.15) is 11.5 Å². The first kappa shape index (κ1) is 21.3. The number of carbonyl (C=O) groups is 2. The van der Waals surface area contributed by atoms with Gasteiger partial charge in [0.2, 0.25) is 11.8 Å². The van der Waals surface area contributed by atoms with Gasteiger partial charge < -0.3 is 20.1 Å². The van der Waals surface area contributed by atoms with E-state index in [-0.39, 0.29) is 24.8 Å². The highest BCUT2D eigenvalue weighted by Crippen LogP contribution is 2.30. The molecule has 2 N–H and O–H groups in total. The van der Waals surface area contributed by atoms with Crippen molar-refractivity contribution in [2.45, 2.75) is 34.1 Å². The monoisotopic (exact) mass is 384 g/mol. The van der Waals surface area contributed by atoms with Crippen LogP contribution in [0.2, 0.25) is 0 Å². The van der Waals surface area contributed by atoms with Crippen LogP contribution in [0.5, 0.6) is 17.2 Å². The van der Waals surface area contributed by atoms with E-state index in [1.165, 1.54) is 0 Å². The average Bonchev–Trinajstić information content (AvgIpc) is 2.64. The SMILES string of the molecule is CCOc1ccc(Oc2ccccc2NC(=O)CCNC(=O)C(C)(C)C)cc1. The molecule has 2 aromatic rings. The zero-order valence-corrected chi connectivity index (χ0v) is 16.9. The summed E-state index contributed by atoms with van der Waals surface area (Å²) in [5.74, 6) is 1.67. The molecular formula is C22H28N2O4. The van der Waals surface area contributed by atoms with Crippen LogP contribution in [-0.4, -0.2) is 25.0 Å². The Hall–Kier alpha value is -3.02. The average molecular weight is 384 g/mol. The van der Waals surface area contributed by atoms with Gasteiger partial charge in [-0.05, 0) is 43.3 Å². The summed E-state index contributed by atoms with van der Waals surface area (Å²) in [6.07, 6.45) is 0.180. The summed E-state index contributed by atoms with van der Waals surface area (Å²) < 4.78 is 11.3. The molecule has 0 unspecified atom stereocenters. The van der Waals surface area contributed by atoms with Crippen molar-refractivity contribution in [1.29, 1.82) is 0 Å². The maximum absolute atomic E-state index is 12.2. The van der Waals surface area contributed by atoms with E-state index in [0.717, 1.165) is 5.75 Å². The van der Waals surface area contributed by atoms with E-state index in [2.05, 4.69) is 10.6 Å². The van der Waals surface area contributed by atoms with Crippen LogP contribution in [0.15, 0.2) is 48.5 Å². The predicted molar refractivity (Wildman–Crippen MR) is 110 cm³/mol. The fraction of sp³-hybridized carbons (Fsp3) is 0.364. The lowest BCUT2D eigenvalue weighted by atomic mass is 9.96. The number of hydrogen-bond donors (Lipinski definition) is 2. The second-order valence-corrected chi connectivity index (χ2v) is 7.31. The number of benzene rings is 2. The number of amides is 2. The van der Waals surface area contributed by atoms with Crippen LogP contribution in [-0.2, 0) is 9.59 Å². The smallest absolute Gasteiger partial charge is 0.226 e. The van der Waals surface area contributed by atoms with E-state index < -0.39 is 5.41 Å². The number of carbonyl (C=O) groups excluding carboxylic acids is 2. The number of nitrogens with one attached hydrogen (secondary N) is 2. The van der Waals surface area contributed by atoms with Crippen LogP contribution in [0.25, 0.3) is 0 Å². The third-order valence-electron chi connectivity index (χ3n) is 3.84. The van der Waals surface area contributed by atoms with Crippen molar-refractivity contribution in [2.75, 3.05) is 18.5 Å². The van der Waals surface area contributed by atoms with E-state index in [4.69, 9.17) is 9.47 Å². The standard InChI is InChI=1S/C22H28N2O4/c1-5-27-16-10-12-17(13-11-16)28-19-9-7-6-8-18(19)24-20(25)14-15-23-21(26)22(2,3)4/h6-13H,5,14-15H2,1-4H3,(H,23,26)(H,24,25). The third-order valence-corrected chi connectivity index (χ3v) is 3.84. The molecule has 2 amide bonds. The van der Waals surface area contributed by atoms with E-state index in [0.29, 0.717) is 23.8 Å². The first-order valence-corrected chi connectivity index (χ1v) is 9.37. The Kier molecular flexibility index (Phi) is 7.44. The Morgan fingerprint density at radius 2 is 1.61 bits per heavy atom.